The molecule has 1 rings (SSSR count). The topological polar surface area (TPSA) is 258 Å². The summed E-state index contributed by atoms with van der Waals surface area (Å²) in [5.41, 5.74) is 22.3. The van der Waals surface area contributed by atoms with E-state index in [9.17, 15) is 29.1 Å². The van der Waals surface area contributed by atoms with Gasteiger partial charge < -0.3 is 44.0 Å². The molecule has 1 aromatic carbocycles. The number of carbonyl (C=O) groups excluding carboxylic acids is 4. The Kier molecular flexibility index (Phi) is 14.0. The predicted octanol–water partition coefficient (Wildman–Crippen LogP) is -1.93. The molecule has 4 unspecified atom stereocenters. The SMILES string of the molecule is CC(C)C(NC(=O)C(N)CCCN=C(N)N)C(=O)NC(Cc1ccccc1)C(=O)NC(CCC(N)=O)C(=O)O. The minimum Gasteiger partial charge on any atom is -0.480 e. The van der Waals surface area contributed by atoms with E-state index in [-0.39, 0.29) is 37.6 Å². The first-order valence-electron chi connectivity index (χ1n) is 12.6. The lowest BCUT2D eigenvalue weighted by atomic mass is 10.00. The standard InChI is InChI=1S/C25H40N8O6/c1-14(2)20(33-21(35)16(26)9-6-12-30-25(28)29)23(37)32-18(13-15-7-4-3-5-8-15)22(36)31-17(24(38)39)10-11-19(27)34/h3-5,7-8,14,16-18,20H,6,9-13,26H2,1-2H3,(H2,27,34)(H,31,36)(H,32,37)(H,33,35)(H,38,39)(H4,28,29,30). The summed E-state index contributed by atoms with van der Waals surface area (Å²) in [6, 6.07) is 4.27. The van der Waals surface area contributed by atoms with Crippen LogP contribution < -0.4 is 38.9 Å². The van der Waals surface area contributed by atoms with Gasteiger partial charge in [-0.2, -0.15) is 0 Å². The van der Waals surface area contributed by atoms with Gasteiger partial charge in [-0.05, 0) is 30.7 Å². The molecule has 216 valence electrons. The van der Waals surface area contributed by atoms with Crippen LogP contribution in [0.4, 0.5) is 0 Å². The Morgan fingerprint density at radius 3 is 2.03 bits per heavy atom. The van der Waals surface area contributed by atoms with Crippen LogP contribution in [0.1, 0.15) is 45.1 Å². The van der Waals surface area contributed by atoms with Gasteiger partial charge in [0.2, 0.25) is 23.6 Å². The van der Waals surface area contributed by atoms with Crippen molar-refractivity contribution < 1.29 is 29.1 Å². The number of nitrogens with one attached hydrogen (secondary N) is 3. The lowest BCUT2D eigenvalue weighted by Crippen LogP contribution is -2.58. The lowest BCUT2D eigenvalue weighted by molar-refractivity contribution is -0.142. The number of carboxylic acids is 1. The number of aliphatic imine (C=N–C) groups is 1. The van der Waals surface area contributed by atoms with Crippen molar-refractivity contribution in [2.45, 2.75) is 70.1 Å². The van der Waals surface area contributed by atoms with Gasteiger partial charge in [0.15, 0.2) is 5.96 Å². The monoisotopic (exact) mass is 548 g/mol. The molecular formula is C25H40N8O6. The number of aliphatic carboxylic acids is 1. The molecule has 4 atom stereocenters. The van der Waals surface area contributed by atoms with E-state index in [0.717, 1.165) is 0 Å². The van der Waals surface area contributed by atoms with Crippen LogP contribution in [0.25, 0.3) is 0 Å². The maximum absolute atomic E-state index is 13.2. The van der Waals surface area contributed by atoms with E-state index in [4.69, 9.17) is 22.9 Å². The van der Waals surface area contributed by atoms with Gasteiger partial charge in [0.05, 0.1) is 6.04 Å². The number of primary amides is 1. The fourth-order valence-corrected chi connectivity index (χ4v) is 3.58. The van der Waals surface area contributed by atoms with Crippen LogP contribution in [0.5, 0.6) is 0 Å². The highest BCUT2D eigenvalue weighted by Gasteiger charge is 2.32. The van der Waals surface area contributed by atoms with Gasteiger partial charge in [-0.15, -0.1) is 0 Å². The molecule has 0 radical (unpaired) electrons. The second-order valence-corrected chi connectivity index (χ2v) is 9.44. The normalized spacial score (nSPS) is 13.8. The quantitative estimate of drug-likeness (QED) is 0.0611. The third-order valence-corrected chi connectivity index (χ3v) is 5.76. The molecule has 1 aromatic rings. The average Bonchev–Trinajstić information content (AvgIpc) is 2.86. The van der Waals surface area contributed by atoms with Gasteiger partial charge in [-0.25, -0.2) is 4.79 Å². The van der Waals surface area contributed by atoms with Gasteiger partial charge in [0, 0.05) is 19.4 Å². The maximum Gasteiger partial charge on any atom is 0.326 e. The van der Waals surface area contributed by atoms with Gasteiger partial charge in [0.25, 0.3) is 0 Å². The van der Waals surface area contributed by atoms with E-state index in [1.165, 1.54) is 0 Å². The van der Waals surface area contributed by atoms with Crippen LogP contribution in [0, 0.1) is 5.92 Å². The van der Waals surface area contributed by atoms with Crippen LogP contribution in [-0.4, -0.2) is 71.4 Å². The van der Waals surface area contributed by atoms with Crippen molar-refractivity contribution in [3.63, 3.8) is 0 Å². The largest absolute Gasteiger partial charge is 0.480 e. The summed E-state index contributed by atoms with van der Waals surface area (Å²) in [5, 5.41) is 17.1. The Morgan fingerprint density at radius 1 is 0.872 bits per heavy atom. The number of carbonyl (C=O) groups is 5. The zero-order chi connectivity index (χ0) is 29.5. The molecule has 14 heteroatoms. The Balaban J connectivity index is 3.01. The van der Waals surface area contributed by atoms with Crippen molar-refractivity contribution in [2.75, 3.05) is 6.54 Å². The smallest absolute Gasteiger partial charge is 0.326 e. The molecule has 0 aliphatic carbocycles. The van der Waals surface area contributed by atoms with Crippen LogP contribution in [0.3, 0.4) is 0 Å². The van der Waals surface area contributed by atoms with Crippen molar-refractivity contribution >= 4 is 35.6 Å². The van der Waals surface area contributed by atoms with E-state index in [1.54, 1.807) is 44.2 Å². The highest BCUT2D eigenvalue weighted by Crippen LogP contribution is 2.09. The third kappa shape index (κ3) is 12.7. The van der Waals surface area contributed by atoms with E-state index < -0.39 is 53.8 Å². The summed E-state index contributed by atoms with van der Waals surface area (Å²) >= 11 is 0. The third-order valence-electron chi connectivity index (χ3n) is 5.76. The Morgan fingerprint density at radius 2 is 1.49 bits per heavy atom. The Bertz CT molecular complexity index is 1010. The molecule has 0 saturated carbocycles. The second-order valence-electron chi connectivity index (χ2n) is 9.44. The van der Waals surface area contributed by atoms with Crippen LogP contribution in [0.2, 0.25) is 0 Å². The average molecular weight is 549 g/mol. The summed E-state index contributed by atoms with van der Waals surface area (Å²) in [6.07, 6.45) is 0.305. The zero-order valence-electron chi connectivity index (χ0n) is 22.3. The van der Waals surface area contributed by atoms with E-state index in [2.05, 4.69) is 20.9 Å². The molecule has 14 nitrogen and oxygen atoms in total. The first kappa shape index (κ1) is 32.8. The van der Waals surface area contributed by atoms with E-state index >= 15 is 0 Å². The molecule has 0 heterocycles. The highest BCUT2D eigenvalue weighted by molar-refractivity contribution is 5.94. The van der Waals surface area contributed by atoms with Crippen molar-refractivity contribution in [2.24, 2.45) is 33.8 Å². The van der Waals surface area contributed by atoms with Crippen molar-refractivity contribution in [1.29, 1.82) is 0 Å². The number of guanidine groups is 1. The fourth-order valence-electron chi connectivity index (χ4n) is 3.58. The molecule has 0 bridgehead atoms. The zero-order valence-corrected chi connectivity index (χ0v) is 22.3. The molecule has 12 N–H and O–H groups in total. The number of rotatable bonds is 17. The molecule has 0 saturated heterocycles. The number of amides is 4. The number of nitrogens with zero attached hydrogens (tertiary/aromatic N) is 1. The molecular weight excluding hydrogens is 508 g/mol. The summed E-state index contributed by atoms with van der Waals surface area (Å²) in [7, 11) is 0. The minimum atomic E-state index is -1.39. The van der Waals surface area contributed by atoms with Crippen molar-refractivity contribution in [3.05, 3.63) is 35.9 Å². The van der Waals surface area contributed by atoms with Crippen LogP contribution >= 0.6 is 0 Å². The van der Waals surface area contributed by atoms with E-state index in [1.807, 2.05) is 0 Å². The number of benzene rings is 1. The van der Waals surface area contributed by atoms with Crippen LogP contribution in [0.15, 0.2) is 35.3 Å². The van der Waals surface area contributed by atoms with Crippen molar-refractivity contribution in [3.8, 4) is 0 Å². The van der Waals surface area contributed by atoms with Gasteiger partial charge in [0.1, 0.15) is 18.1 Å². The Labute approximate surface area is 227 Å². The maximum atomic E-state index is 13.2. The predicted molar refractivity (Wildman–Crippen MR) is 145 cm³/mol. The molecule has 39 heavy (non-hydrogen) atoms. The molecule has 0 aliphatic heterocycles. The van der Waals surface area contributed by atoms with E-state index in [0.29, 0.717) is 18.5 Å². The summed E-state index contributed by atoms with van der Waals surface area (Å²) in [6.45, 7) is 3.72. The number of nitrogens with two attached hydrogens (primary N) is 4. The number of hydrogen-bond acceptors (Lipinski definition) is 7. The van der Waals surface area contributed by atoms with Gasteiger partial charge in [-0.1, -0.05) is 44.2 Å². The molecule has 4 amide bonds. The first-order valence-corrected chi connectivity index (χ1v) is 12.6. The first-order chi connectivity index (χ1) is 18.3. The second kappa shape index (κ2) is 16.6. The minimum absolute atomic E-state index is 0.0453. The molecule has 0 aromatic heterocycles. The summed E-state index contributed by atoms with van der Waals surface area (Å²) in [5.74, 6) is -4.48. The summed E-state index contributed by atoms with van der Waals surface area (Å²) in [4.78, 5) is 65.6. The summed E-state index contributed by atoms with van der Waals surface area (Å²) < 4.78 is 0. The van der Waals surface area contributed by atoms with Crippen LogP contribution in [-0.2, 0) is 30.4 Å². The van der Waals surface area contributed by atoms with Gasteiger partial charge >= 0.3 is 5.97 Å². The number of carboxylic acid groups (broad SMARTS) is 1. The highest BCUT2D eigenvalue weighted by atomic mass is 16.4. The number of hydrogen-bond donors (Lipinski definition) is 8. The van der Waals surface area contributed by atoms with Crippen molar-refractivity contribution in [1.82, 2.24) is 16.0 Å². The molecule has 0 aliphatic rings. The van der Waals surface area contributed by atoms with Gasteiger partial charge in [-0.3, -0.25) is 24.2 Å². The lowest BCUT2D eigenvalue weighted by Gasteiger charge is -2.27. The molecule has 0 fully saturated rings. The molecule has 0 spiro atoms. The Hall–Kier alpha value is -4.20. The fraction of sp³-hybridized carbons (Fsp3) is 0.520.